The molecule has 4 N–H and O–H groups in total. The number of ether oxygens (including phenoxy) is 3. The predicted molar refractivity (Wildman–Crippen MR) is 151 cm³/mol. The van der Waals surface area contributed by atoms with Crippen LogP contribution in [0.5, 0.6) is 5.75 Å². The zero-order chi connectivity index (χ0) is 26.4. The minimum Gasteiger partial charge on any atom is -0.497 e. The fraction of sp³-hybridized carbons (Fsp3) is 0.679. The maximum absolute atomic E-state index is 5.60. The van der Waals surface area contributed by atoms with Crippen LogP contribution in [0.25, 0.3) is 0 Å². The number of anilines is 2. The van der Waals surface area contributed by atoms with Gasteiger partial charge in [-0.3, -0.25) is 0 Å². The molecule has 0 aliphatic carbocycles. The monoisotopic (exact) mass is 516 g/mol. The number of nitrogens with two attached hydrogens (primary N) is 1. The normalized spacial score (nSPS) is 11.0. The second-order valence-corrected chi connectivity index (χ2v) is 9.09. The molecule has 1 aromatic heterocycles. The van der Waals surface area contributed by atoms with Crippen LogP contribution in [0.1, 0.15) is 69.7 Å². The highest BCUT2D eigenvalue weighted by Gasteiger charge is 2.07. The highest BCUT2D eigenvalue weighted by molar-refractivity contribution is 5.35. The number of nitrogens with zero attached hydrogens (tertiary/aromatic N) is 3. The number of hydrogen-bond donors (Lipinski definition) is 3. The van der Waals surface area contributed by atoms with Gasteiger partial charge in [-0.25, -0.2) is 0 Å². The lowest BCUT2D eigenvalue weighted by Gasteiger charge is -2.11. The molecule has 0 amide bonds. The largest absolute Gasteiger partial charge is 0.497 e. The summed E-state index contributed by atoms with van der Waals surface area (Å²) in [6.45, 7) is 6.33. The fourth-order valence-corrected chi connectivity index (χ4v) is 3.86. The average Bonchev–Trinajstić information content (AvgIpc) is 2.92. The Bertz CT molecular complexity index is 784. The highest BCUT2D eigenvalue weighted by atomic mass is 16.5. The second kappa shape index (κ2) is 20.6. The Kier molecular flexibility index (Phi) is 17.1. The van der Waals surface area contributed by atoms with Crippen LogP contribution in [-0.4, -0.2) is 68.1 Å². The molecule has 208 valence electrons. The zero-order valence-corrected chi connectivity index (χ0v) is 23.0. The first-order valence-corrected chi connectivity index (χ1v) is 14.0. The van der Waals surface area contributed by atoms with Crippen molar-refractivity contribution in [3.8, 4) is 5.75 Å². The van der Waals surface area contributed by atoms with Gasteiger partial charge in [0.1, 0.15) is 11.6 Å². The maximum atomic E-state index is 5.60. The van der Waals surface area contributed by atoms with E-state index in [4.69, 9.17) is 19.9 Å². The number of hydrogen-bond acceptors (Lipinski definition) is 9. The number of rotatable bonds is 23. The van der Waals surface area contributed by atoms with Gasteiger partial charge in [0.05, 0.1) is 33.5 Å². The van der Waals surface area contributed by atoms with Crippen molar-refractivity contribution in [2.24, 2.45) is 5.73 Å². The molecule has 2 aromatic rings. The van der Waals surface area contributed by atoms with E-state index in [1.165, 1.54) is 50.5 Å². The van der Waals surface area contributed by atoms with Crippen molar-refractivity contribution < 1.29 is 14.2 Å². The number of benzene rings is 1. The molecule has 9 nitrogen and oxygen atoms in total. The molecular formula is C28H48N6O3. The van der Waals surface area contributed by atoms with Gasteiger partial charge >= 0.3 is 0 Å². The van der Waals surface area contributed by atoms with E-state index in [9.17, 15) is 0 Å². The van der Waals surface area contributed by atoms with Gasteiger partial charge < -0.3 is 30.6 Å². The van der Waals surface area contributed by atoms with E-state index in [-0.39, 0.29) is 0 Å². The predicted octanol–water partition coefficient (Wildman–Crippen LogP) is 4.62. The lowest BCUT2D eigenvalue weighted by atomic mass is 10.1. The van der Waals surface area contributed by atoms with Crippen LogP contribution in [-0.2, 0) is 22.3 Å². The van der Waals surface area contributed by atoms with Crippen LogP contribution in [0, 0.1) is 0 Å². The summed E-state index contributed by atoms with van der Waals surface area (Å²) < 4.78 is 16.2. The first kappa shape index (κ1) is 30.7. The van der Waals surface area contributed by atoms with E-state index >= 15 is 0 Å². The summed E-state index contributed by atoms with van der Waals surface area (Å²) in [5.41, 5.74) is 6.64. The van der Waals surface area contributed by atoms with E-state index in [1.54, 1.807) is 7.11 Å². The van der Waals surface area contributed by atoms with Gasteiger partial charge in [-0.05, 0) is 30.5 Å². The van der Waals surface area contributed by atoms with E-state index in [2.05, 4.69) is 44.6 Å². The van der Waals surface area contributed by atoms with Gasteiger partial charge in [0.15, 0.2) is 0 Å². The molecule has 0 aliphatic rings. The second-order valence-electron chi connectivity index (χ2n) is 9.09. The molecular weight excluding hydrogens is 468 g/mol. The van der Waals surface area contributed by atoms with Gasteiger partial charge in [0.2, 0.25) is 11.9 Å². The van der Waals surface area contributed by atoms with Crippen molar-refractivity contribution in [1.29, 1.82) is 0 Å². The van der Waals surface area contributed by atoms with Gasteiger partial charge in [-0.15, -0.1) is 0 Å². The van der Waals surface area contributed by atoms with Crippen molar-refractivity contribution in [2.45, 2.75) is 71.1 Å². The van der Waals surface area contributed by atoms with Crippen molar-refractivity contribution in [3.63, 3.8) is 0 Å². The number of unbranched alkanes of at least 4 members (excludes halogenated alkanes) is 7. The molecule has 0 saturated carbocycles. The number of aromatic nitrogens is 3. The third kappa shape index (κ3) is 14.7. The summed E-state index contributed by atoms with van der Waals surface area (Å²) in [6.07, 6.45) is 12.0. The minimum absolute atomic E-state index is 0.526. The molecule has 37 heavy (non-hydrogen) atoms. The molecule has 0 unspecified atom stereocenters. The number of aryl methyl sites for hydroxylation is 1. The van der Waals surface area contributed by atoms with Crippen molar-refractivity contribution in [1.82, 2.24) is 15.0 Å². The fourth-order valence-electron chi connectivity index (χ4n) is 3.86. The summed E-state index contributed by atoms with van der Waals surface area (Å²) in [5, 5.41) is 6.65. The van der Waals surface area contributed by atoms with Gasteiger partial charge in [-0.2, -0.15) is 15.0 Å². The number of nitrogens with one attached hydrogen (secondary N) is 2. The molecule has 0 spiro atoms. The Morgan fingerprint density at radius 3 is 1.97 bits per heavy atom. The zero-order valence-electron chi connectivity index (χ0n) is 23.0. The summed E-state index contributed by atoms with van der Waals surface area (Å²) >= 11 is 0. The van der Waals surface area contributed by atoms with Crippen LogP contribution < -0.4 is 21.1 Å². The highest BCUT2D eigenvalue weighted by Crippen LogP contribution is 2.14. The van der Waals surface area contributed by atoms with E-state index < -0.39 is 0 Å². The Labute approximate surface area is 223 Å². The third-order valence-corrected chi connectivity index (χ3v) is 5.96. The van der Waals surface area contributed by atoms with Crippen LogP contribution in [0.4, 0.5) is 11.9 Å². The molecule has 0 saturated heterocycles. The summed E-state index contributed by atoms with van der Waals surface area (Å²) in [4.78, 5) is 13.9. The van der Waals surface area contributed by atoms with E-state index in [1.807, 2.05) is 12.1 Å². The smallest absolute Gasteiger partial charge is 0.227 e. The van der Waals surface area contributed by atoms with Crippen LogP contribution in [0.3, 0.4) is 0 Å². The first-order valence-electron chi connectivity index (χ1n) is 14.0. The Morgan fingerprint density at radius 2 is 1.32 bits per heavy atom. The van der Waals surface area contributed by atoms with Crippen LogP contribution in [0.15, 0.2) is 24.3 Å². The average molecular weight is 517 g/mol. The molecule has 1 aromatic carbocycles. The topological polar surface area (TPSA) is 116 Å². The minimum atomic E-state index is 0.526. The van der Waals surface area contributed by atoms with Gasteiger partial charge in [-0.1, -0.05) is 64.0 Å². The lowest BCUT2D eigenvalue weighted by Crippen LogP contribution is -2.17. The van der Waals surface area contributed by atoms with Gasteiger partial charge in [0, 0.05) is 26.1 Å². The van der Waals surface area contributed by atoms with E-state index in [0.29, 0.717) is 51.4 Å². The quantitative estimate of drug-likeness (QED) is 0.182. The van der Waals surface area contributed by atoms with E-state index in [0.717, 1.165) is 37.4 Å². The summed E-state index contributed by atoms with van der Waals surface area (Å²) in [6, 6.07) is 8.12. The van der Waals surface area contributed by atoms with Gasteiger partial charge in [0.25, 0.3) is 0 Å². The molecule has 0 aliphatic heterocycles. The molecule has 9 heteroatoms. The summed E-state index contributed by atoms with van der Waals surface area (Å²) in [5.74, 6) is 2.88. The number of methoxy groups -OCH3 is 1. The van der Waals surface area contributed by atoms with Crippen LogP contribution in [0.2, 0.25) is 0 Å². The van der Waals surface area contributed by atoms with Crippen molar-refractivity contribution in [2.75, 3.05) is 63.8 Å². The Balaban J connectivity index is 1.81. The Morgan fingerprint density at radius 1 is 0.703 bits per heavy atom. The van der Waals surface area contributed by atoms with Crippen LogP contribution >= 0.6 is 0 Å². The Hall–Kier alpha value is -2.49. The molecule has 1 heterocycles. The van der Waals surface area contributed by atoms with Crippen molar-refractivity contribution >= 4 is 11.9 Å². The SMILES string of the molecule is CCCCCCCCCCc1nc(NCCOCCOCCN)nc(NCCc2ccc(OC)cc2)n1. The molecule has 0 atom stereocenters. The summed E-state index contributed by atoms with van der Waals surface area (Å²) in [7, 11) is 1.68. The third-order valence-electron chi connectivity index (χ3n) is 5.96. The molecule has 0 radical (unpaired) electrons. The molecule has 0 fully saturated rings. The maximum Gasteiger partial charge on any atom is 0.227 e. The first-order chi connectivity index (χ1) is 18.2. The van der Waals surface area contributed by atoms with Crippen molar-refractivity contribution in [3.05, 3.63) is 35.7 Å². The lowest BCUT2D eigenvalue weighted by molar-refractivity contribution is 0.0547. The molecule has 2 rings (SSSR count). The molecule has 0 bridgehead atoms. The standard InChI is InChI=1S/C28H48N6O3/c1-3-4-5-6-7-8-9-10-11-26-32-27(30-18-16-24-12-14-25(35-2)15-13-24)34-28(33-26)31-19-21-37-23-22-36-20-17-29/h12-15H,3-11,16-23,29H2,1-2H3,(H2,30,31,32,33,34).